The zero-order valence-corrected chi connectivity index (χ0v) is 19.0. The standard InChI is InChI=1S/C22H31F2N3O3S/c1-4-13-27-14-10-18(15-27)30-20-9-8-19(17(3)25-20)26-31(28,29)22(16(2)21(23)24)11-6-5-7-12-22/h5-9,11,16,18,21,26H,4,10,12-15H2,1-3H3/t16?,18?,22-/m0/s1. The Morgan fingerprint density at radius 3 is 2.74 bits per heavy atom. The predicted molar refractivity (Wildman–Crippen MR) is 118 cm³/mol. The van der Waals surface area contributed by atoms with Crippen LogP contribution in [0.25, 0.3) is 0 Å². The van der Waals surface area contributed by atoms with Crippen molar-refractivity contribution in [2.75, 3.05) is 24.4 Å². The second-order valence-corrected chi connectivity index (χ2v) is 10.3. The van der Waals surface area contributed by atoms with Crippen LogP contribution in [-0.4, -0.2) is 55.2 Å². The minimum Gasteiger partial charge on any atom is -0.473 e. The third-order valence-electron chi connectivity index (χ3n) is 6.07. The van der Waals surface area contributed by atoms with Gasteiger partial charge in [-0.2, -0.15) is 0 Å². The van der Waals surface area contributed by atoms with Gasteiger partial charge in [0.05, 0.1) is 11.4 Å². The van der Waals surface area contributed by atoms with Crippen molar-refractivity contribution in [1.82, 2.24) is 9.88 Å². The van der Waals surface area contributed by atoms with Gasteiger partial charge in [0.15, 0.2) is 0 Å². The van der Waals surface area contributed by atoms with Crippen LogP contribution < -0.4 is 9.46 Å². The molecule has 1 aliphatic carbocycles. The van der Waals surface area contributed by atoms with E-state index in [1.54, 1.807) is 31.2 Å². The van der Waals surface area contributed by atoms with E-state index in [2.05, 4.69) is 21.5 Å². The molecule has 2 heterocycles. The van der Waals surface area contributed by atoms with Crippen LogP contribution in [0.1, 0.15) is 38.8 Å². The van der Waals surface area contributed by atoms with Gasteiger partial charge in [-0.3, -0.25) is 9.62 Å². The van der Waals surface area contributed by atoms with Crippen molar-refractivity contribution in [3.63, 3.8) is 0 Å². The number of alkyl halides is 2. The molecule has 0 saturated carbocycles. The highest BCUT2D eigenvalue weighted by molar-refractivity contribution is 7.94. The molecule has 0 radical (unpaired) electrons. The number of aryl methyl sites for hydroxylation is 1. The second kappa shape index (κ2) is 9.65. The SMILES string of the molecule is CCCN1CCC(Oc2ccc(NS(=O)(=O)[C@@]3(C(C)C(F)F)C=CC=CC3)c(C)n2)C1. The largest absolute Gasteiger partial charge is 0.473 e. The quantitative estimate of drug-likeness (QED) is 0.606. The van der Waals surface area contributed by atoms with Gasteiger partial charge < -0.3 is 4.74 Å². The molecule has 3 rings (SSSR count). The molecule has 3 atom stereocenters. The molecule has 1 aromatic rings. The maximum absolute atomic E-state index is 13.5. The zero-order valence-electron chi connectivity index (χ0n) is 18.2. The van der Waals surface area contributed by atoms with E-state index in [1.165, 1.54) is 19.1 Å². The third kappa shape index (κ3) is 5.09. The fourth-order valence-electron chi connectivity index (χ4n) is 4.15. The Kier molecular flexibility index (Phi) is 7.36. The molecule has 172 valence electrons. The van der Waals surface area contributed by atoms with Crippen LogP contribution >= 0.6 is 0 Å². The van der Waals surface area contributed by atoms with Crippen LogP contribution in [0, 0.1) is 12.8 Å². The molecule has 31 heavy (non-hydrogen) atoms. The summed E-state index contributed by atoms with van der Waals surface area (Å²) in [6, 6.07) is 3.20. The highest BCUT2D eigenvalue weighted by Crippen LogP contribution is 2.39. The summed E-state index contributed by atoms with van der Waals surface area (Å²) >= 11 is 0. The van der Waals surface area contributed by atoms with Crippen LogP contribution in [0.5, 0.6) is 5.88 Å². The van der Waals surface area contributed by atoms with E-state index in [1.807, 2.05) is 0 Å². The van der Waals surface area contributed by atoms with Gasteiger partial charge in [0.25, 0.3) is 0 Å². The van der Waals surface area contributed by atoms with Gasteiger partial charge in [0.1, 0.15) is 10.9 Å². The van der Waals surface area contributed by atoms with Crippen LogP contribution in [0.4, 0.5) is 14.5 Å². The monoisotopic (exact) mass is 455 g/mol. The number of hydrogen-bond donors (Lipinski definition) is 1. The topological polar surface area (TPSA) is 71.5 Å². The van der Waals surface area contributed by atoms with Crippen molar-refractivity contribution >= 4 is 15.7 Å². The molecule has 2 aliphatic rings. The van der Waals surface area contributed by atoms with Crippen molar-refractivity contribution in [2.45, 2.75) is 57.3 Å². The number of halogens is 2. The van der Waals surface area contributed by atoms with Crippen LogP contribution in [0.2, 0.25) is 0 Å². The minimum absolute atomic E-state index is 0.0199. The number of rotatable bonds is 9. The zero-order chi connectivity index (χ0) is 22.6. The molecule has 1 aromatic heterocycles. The minimum atomic E-state index is -4.17. The summed E-state index contributed by atoms with van der Waals surface area (Å²) in [5.74, 6) is -0.949. The van der Waals surface area contributed by atoms with E-state index < -0.39 is 27.1 Å². The Balaban J connectivity index is 1.76. The molecule has 0 bridgehead atoms. The first-order valence-electron chi connectivity index (χ1n) is 10.7. The summed E-state index contributed by atoms with van der Waals surface area (Å²) in [5.41, 5.74) is 0.690. The molecule has 0 amide bonds. The molecule has 1 fully saturated rings. The summed E-state index contributed by atoms with van der Waals surface area (Å²) in [7, 11) is -4.17. The summed E-state index contributed by atoms with van der Waals surface area (Å²) in [6.45, 7) is 7.94. The van der Waals surface area contributed by atoms with Crippen molar-refractivity contribution in [2.24, 2.45) is 5.92 Å². The van der Waals surface area contributed by atoms with Crippen molar-refractivity contribution in [3.05, 3.63) is 42.1 Å². The van der Waals surface area contributed by atoms with Gasteiger partial charge in [-0.15, -0.1) is 0 Å². The number of nitrogens with zero attached hydrogens (tertiary/aromatic N) is 2. The Morgan fingerprint density at radius 1 is 1.35 bits per heavy atom. The van der Waals surface area contributed by atoms with Crippen molar-refractivity contribution in [1.29, 1.82) is 0 Å². The number of nitrogens with one attached hydrogen (secondary N) is 1. The molecule has 1 saturated heterocycles. The number of ether oxygens (including phenoxy) is 1. The number of anilines is 1. The van der Waals surface area contributed by atoms with Gasteiger partial charge in [-0.1, -0.05) is 38.2 Å². The highest BCUT2D eigenvalue weighted by atomic mass is 32.2. The van der Waals surface area contributed by atoms with E-state index in [0.29, 0.717) is 11.6 Å². The molecule has 1 N–H and O–H groups in total. The van der Waals surface area contributed by atoms with Crippen LogP contribution in [0.15, 0.2) is 36.4 Å². The average Bonchev–Trinajstić information content (AvgIpc) is 3.17. The summed E-state index contributed by atoms with van der Waals surface area (Å²) in [5, 5.41) is 0. The smallest absolute Gasteiger partial charge is 0.243 e. The van der Waals surface area contributed by atoms with E-state index in [4.69, 9.17) is 4.74 Å². The van der Waals surface area contributed by atoms with Crippen molar-refractivity contribution < 1.29 is 21.9 Å². The summed E-state index contributed by atoms with van der Waals surface area (Å²) < 4.78 is 60.3. The molecular formula is C22H31F2N3O3S. The lowest BCUT2D eigenvalue weighted by Gasteiger charge is -2.36. The second-order valence-electron chi connectivity index (χ2n) is 8.29. The maximum atomic E-state index is 13.5. The Bertz CT molecular complexity index is 936. The fraction of sp³-hybridized carbons (Fsp3) is 0.591. The van der Waals surface area contributed by atoms with Crippen LogP contribution in [0.3, 0.4) is 0 Å². The molecule has 2 unspecified atom stereocenters. The van der Waals surface area contributed by atoms with E-state index in [9.17, 15) is 17.2 Å². The van der Waals surface area contributed by atoms with E-state index in [-0.39, 0.29) is 18.2 Å². The predicted octanol–water partition coefficient (Wildman–Crippen LogP) is 4.15. The molecular weight excluding hydrogens is 424 g/mol. The number of aromatic nitrogens is 1. The number of sulfonamides is 1. The average molecular weight is 456 g/mol. The molecule has 1 aliphatic heterocycles. The van der Waals surface area contributed by atoms with Crippen LogP contribution in [-0.2, 0) is 10.0 Å². The summed E-state index contributed by atoms with van der Waals surface area (Å²) in [6.07, 6.45) is 5.39. The summed E-state index contributed by atoms with van der Waals surface area (Å²) in [4.78, 5) is 6.73. The van der Waals surface area contributed by atoms with E-state index in [0.717, 1.165) is 32.5 Å². The molecule has 0 spiro atoms. The fourth-order valence-corrected chi connectivity index (χ4v) is 6.01. The lowest BCUT2D eigenvalue weighted by molar-refractivity contribution is 0.0714. The first-order chi connectivity index (χ1) is 14.7. The molecule has 6 nitrogen and oxygen atoms in total. The lowest BCUT2D eigenvalue weighted by atomic mass is 9.87. The number of likely N-dealkylation sites (tertiary alicyclic amines) is 1. The van der Waals surface area contributed by atoms with Gasteiger partial charge in [0, 0.05) is 25.1 Å². The Hall–Kier alpha value is -2.00. The van der Waals surface area contributed by atoms with Gasteiger partial charge in [-0.25, -0.2) is 22.2 Å². The van der Waals surface area contributed by atoms with Gasteiger partial charge in [-0.05, 0) is 38.8 Å². The highest BCUT2D eigenvalue weighted by Gasteiger charge is 2.49. The molecule has 9 heteroatoms. The Morgan fingerprint density at radius 2 is 2.13 bits per heavy atom. The first-order valence-corrected chi connectivity index (χ1v) is 12.2. The molecule has 0 aromatic carbocycles. The number of pyridine rings is 1. The number of hydrogen-bond acceptors (Lipinski definition) is 5. The van der Waals surface area contributed by atoms with Gasteiger partial charge in [0.2, 0.25) is 22.3 Å². The van der Waals surface area contributed by atoms with Crippen molar-refractivity contribution in [3.8, 4) is 5.88 Å². The lowest BCUT2D eigenvalue weighted by Crippen LogP contribution is -2.49. The number of allylic oxidation sites excluding steroid dienone is 3. The Labute approximate surface area is 183 Å². The first kappa shape index (κ1) is 23.7. The third-order valence-corrected chi connectivity index (χ3v) is 8.24. The van der Waals surface area contributed by atoms with Gasteiger partial charge >= 0.3 is 0 Å². The van der Waals surface area contributed by atoms with E-state index >= 15 is 0 Å². The normalized spacial score (nSPS) is 25.2. The maximum Gasteiger partial charge on any atom is 0.243 e.